The van der Waals surface area contributed by atoms with Gasteiger partial charge in [0.25, 0.3) is 0 Å². The number of nitrogens with zero attached hydrogens (tertiary/aromatic N) is 2. The van der Waals surface area contributed by atoms with Crippen LogP contribution in [0.4, 0.5) is 4.39 Å². The monoisotopic (exact) mass is 266 g/mol. The van der Waals surface area contributed by atoms with E-state index in [1.165, 1.54) is 16.7 Å². The van der Waals surface area contributed by atoms with Gasteiger partial charge >= 0.3 is 0 Å². The van der Waals surface area contributed by atoms with Gasteiger partial charge in [0, 0.05) is 26.2 Å². The van der Waals surface area contributed by atoms with Crippen molar-refractivity contribution >= 4 is 0 Å². The van der Waals surface area contributed by atoms with Gasteiger partial charge in [0.1, 0.15) is 0 Å². The third kappa shape index (κ3) is 4.59. The summed E-state index contributed by atoms with van der Waals surface area (Å²) >= 11 is 0. The van der Waals surface area contributed by atoms with E-state index in [0.717, 1.165) is 19.6 Å². The highest BCUT2D eigenvalue weighted by atomic mass is 19.1. The van der Waals surface area contributed by atoms with Crippen LogP contribution in [0, 0.1) is 13.8 Å². The minimum absolute atomic E-state index is 0.519. The summed E-state index contributed by atoms with van der Waals surface area (Å²) in [5, 5.41) is 0. The van der Waals surface area contributed by atoms with Crippen LogP contribution in [-0.2, 0) is 6.54 Å². The highest BCUT2D eigenvalue weighted by Crippen LogP contribution is 2.17. The number of aryl methyl sites for hydroxylation is 2. The molecule has 1 saturated heterocycles. The highest BCUT2D eigenvalue weighted by Gasteiger charge is 2.24. The van der Waals surface area contributed by atoms with Crippen molar-refractivity contribution in [2.24, 2.45) is 0 Å². The topological polar surface area (TPSA) is 6.48 Å². The average Bonchev–Trinajstić information content (AvgIpc) is 2.38. The zero-order valence-corrected chi connectivity index (χ0v) is 12.9. The first-order valence-corrected chi connectivity index (χ1v) is 7.19. The fourth-order valence-electron chi connectivity index (χ4n) is 2.32. The van der Waals surface area contributed by atoms with Crippen molar-refractivity contribution in [3.05, 3.63) is 34.9 Å². The Labute approximate surface area is 117 Å². The molecule has 0 spiro atoms. The van der Waals surface area contributed by atoms with Gasteiger partial charge in [0.15, 0.2) is 6.30 Å². The molecule has 1 atom stereocenters. The summed E-state index contributed by atoms with van der Waals surface area (Å²) < 4.78 is 13.9. The van der Waals surface area contributed by atoms with Crippen LogP contribution in [0.3, 0.4) is 0 Å². The van der Waals surface area contributed by atoms with E-state index in [2.05, 4.69) is 32.0 Å². The first-order valence-electron chi connectivity index (χ1n) is 7.19. The Morgan fingerprint density at radius 3 is 2.47 bits per heavy atom. The minimum atomic E-state index is -0.838. The molecule has 0 bridgehead atoms. The molecule has 0 aliphatic carbocycles. The quantitative estimate of drug-likeness (QED) is 0.757. The second-order valence-electron chi connectivity index (χ2n) is 5.10. The van der Waals surface area contributed by atoms with Crippen LogP contribution in [0.25, 0.3) is 0 Å². The SMILES string of the molecule is CC.Cc1ccc(CN2CCN(C)CC2F)c(C)c1. The Balaban J connectivity index is 0.000000861. The van der Waals surface area contributed by atoms with Crippen LogP contribution in [-0.4, -0.2) is 42.8 Å². The Bertz CT molecular complexity index is 392. The van der Waals surface area contributed by atoms with E-state index in [1.54, 1.807) is 0 Å². The molecule has 0 saturated carbocycles. The van der Waals surface area contributed by atoms with Crippen LogP contribution in [0.1, 0.15) is 30.5 Å². The molecule has 1 heterocycles. The first-order chi connectivity index (χ1) is 9.06. The molecule has 0 N–H and O–H groups in total. The lowest BCUT2D eigenvalue weighted by Crippen LogP contribution is -2.49. The molecular weight excluding hydrogens is 239 g/mol. The Hall–Kier alpha value is -0.930. The van der Waals surface area contributed by atoms with Crippen molar-refractivity contribution in [3.63, 3.8) is 0 Å². The van der Waals surface area contributed by atoms with Crippen molar-refractivity contribution in [2.75, 3.05) is 26.7 Å². The maximum atomic E-state index is 13.9. The first kappa shape index (κ1) is 16.1. The van der Waals surface area contributed by atoms with Gasteiger partial charge in [-0.15, -0.1) is 0 Å². The van der Waals surface area contributed by atoms with E-state index in [0.29, 0.717) is 6.54 Å². The van der Waals surface area contributed by atoms with Crippen molar-refractivity contribution in [3.8, 4) is 0 Å². The number of piperazine rings is 1. The zero-order valence-electron chi connectivity index (χ0n) is 12.9. The molecule has 3 heteroatoms. The van der Waals surface area contributed by atoms with Gasteiger partial charge in [-0.1, -0.05) is 37.6 Å². The number of alkyl halides is 1. The normalized spacial score (nSPS) is 20.8. The van der Waals surface area contributed by atoms with Crippen LogP contribution in [0.5, 0.6) is 0 Å². The van der Waals surface area contributed by atoms with Crippen molar-refractivity contribution in [2.45, 2.75) is 40.5 Å². The zero-order chi connectivity index (χ0) is 14.4. The maximum absolute atomic E-state index is 13.9. The van der Waals surface area contributed by atoms with E-state index in [-0.39, 0.29) is 0 Å². The summed E-state index contributed by atoms with van der Waals surface area (Å²) in [6.45, 7) is 11.2. The van der Waals surface area contributed by atoms with Gasteiger partial charge in [-0.25, -0.2) is 4.39 Å². The lowest BCUT2D eigenvalue weighted by atomic mass is 10.0. The molecule has 1 aliphatic heterocycles. The average molecular weight is 266 g/mol. The maximum Gasteiger partial charge on any atom is 0.166 e. The van der Waals surface area contributed by atoms with E-state index in [4.69, 9.17) is 0 Å². The largest absolute Gasteiger partial charge is 0.301 e. The van der Waals surface area contributed by atoms with Gasteiger partial charge in [0.2, 0.25) is 0 Å². The minimum Gasteiger partial charge on any atom is -0.301 e. The number of hydrogen-bond donors (Lipinski definition) is 0. The van der Waals surface area contributed by atoms with Gasteiger partial charge in [0.05, 0.1) is 0 Å². The third-order valence-corrected chi connectivity index (χ3v) is 3.50. The summed E-state index contributed by atoms with van der Waals surface area (Å²) in [7, 11) is 1.97. The summed E-state index contributed by atoms with van der Waals surface area (Å²) in [6, 6.07) is 6.39. The number of hydrogen-bond acceptors (Lipinski definition) is 2. The summed E-state index contributed by atoms with van der Waals surface area (Å²) in [5.74, 6) is 0. The van der Waals surface area contributed by atoms with Crippen LogP contribution in [0.2, 0.25) is 0 Å². The lowest BCUT2D eigenvalue weighted by molar-refractivity contribution is 0.00403. The molecule has 1 aromatic rings. The molecular formula is C16H27FN2. The summed E-state index contributed by atoms with van der Waals surface area (Å²) in [5.41, 5.74) is 3.76. The Kier molecular flexibility index (Phi) is 6.46. The van der Waals surface area contributed by atoms with Gasteiger partial charge in [-0.2, -0.15) is 0 Å². The molecule has 0 radical (unpaired) electrons. The molecule has 1 fully saturated rings. The Morgan fingerprint density at radius 1 is 1.21 bits per heavy atom. The van der Waals surface area contributed by atoms with Crippen LogP contribution < -0.4 is 0 Å². The summed E-state index contributed by atoms with van der Waals surface area (Å²) in [6.07, 6.45) is -0.838. The molecule has 0 aromatic heterocycles. The molecule has 2 nitrogen and oxygen atoms in total. The summed E-state index contributed by atoms with van der Waals surface area (Å²) in [4.78, 5) is 3.97. The van der Waals surface area contributed by atoms with E-state index in [9.17, 15) is 4.39 Å². The van der Waals surface area contributed by atoms with Crippen LogP contribution >= 0.6 is 0 Å². The van der Waals surface area contributed by atoms with Crippen molar-refractivity contribution in [1.29, 1.82) is 0 Å². The van der Waals surface area contributed by atoms with Crippen molar-refractivity contribution < 1.29 is 4.39 Å². The fraction of sp³-hybridized carbons (Fsp3) is 0.625. The van der Waals surface area contributed by atoms with Gasteiger partial charge < -0.3 is 4.90 Å². The van der Waals surface area contributed by atoms with E-state index < -0.39 is 6.30 Å². The molecule has 108 valence electrons. The smallest absolute Gasteiger partial charge is 0.166 e. The standard InChI is InChI=1S/C14H21FN2.C2H6/c1-11-4-5-13(12(2)8-11)9-17-7-6-16(3)10-14(17)15;1-2/h4-5,8,14H,6-7,9-10H2,1-3H3;1-2H3. The predicted molar refractivity (Wildman–Crippen MR) is 80.1 cm³/mol. The molecule has 1 aromatic carbocycles. The third-order valence-electron chi connectivity index (χ3n) is 3.50. The predicted octanol–water partition coefficient (Wildman–Crippen LogP) is 3.37. The molecule has 0 amide bonds. The Morgan fingerprint density at radius 2 is 1.89 bits per heavy atom. The highest BCUT2D eigenvalue weighted by molar-refractivity contribution is 5.30. The number of benzene rings is 1. The number of rotatable bonds is 2. The second kappa shape index (κ2) is 7.61. The molecule has 1 aliphatic rings. The molecule has 2 rings (SSSR count). The van der Waals surface area contributed by atoms with Gasteiger partial charge in [-0.3, -0.25) is 4.90 Å². The number of likely N-dealkylation sites (N-methyl/N-ethyl adjacent to an activating group) is 1. The number of halogens is 1. The van der Waals surface area contributed by atoms with Crippen molar-refractivity contribution in [1.82, 2.24) is 9.80 Å². The second-order valence-corrected chi connectivity index (χ2v) is 5.10. The van der Waals surface area contributed by atoms with Gasteiger partial charge in [-0.05, 0) is 32.0 Å². The van der Waals surface area contributed by atoms with E-state index >= 15 is 0 Å². The van der Waals surface area contributed by atoms with E-state index in [1.807, 2.05) is 30.7 Å². The molecule has 19 heavy (non-hydrogen) atoms. The fourth-order valence-corrected chi connectivity index (χ4v) is 2.32. The molecule has 1 unspecified atom stereocenters. The lowest BCUT2D eigenvalue weighted by Gasteiger charge is -2.35. The van der Waals surface area contributed by atoms with Crippen LogP contribution in [0.15, 0.2) is 18.2 Å².